The molecule has 1 fully saturated rings. The quantitative estimate of drug-likeness (QED) is 0.601. The monoisotopic (exact) mass is 444 g/mol. The molecule has 0 spiro atoms. The number of ether oxygens (including phenoxy) is 2. The van der Waals surface area contributed by atoms with Gasteiger partial charge < -0.3 is 19.1 Å². The fraction of sp³-hybridized carbons (Fsp3) is 0.318. The van der Waals surface area contributed by atoms with Gasteiger partial charge in [-0.25, -0.2) is 13.2 Å². The topological polar surface area (TPSA) is 98.1 Å². The van der Waals surface area contributed by atoms with Crippen LogP contribution in [0.25, 0.3) is 10.9 Å². The number of carboxylic acids is 1. The van der Waals surface area contributed by atoms with Gasteiger partial charge in [-0.05, 0) is 55.3 Å². The average molecular weight is 445 g/mol. The number of carboxylic acid groups (broad SMARTS) is 1. The molecule has 0 atom stereocenters. The first kappa shape index (κ1) is 21.2. The largest absolute Gasteiger partial charge is 0.497 e. The lowest BCUT2D eigenvalue weighted by atomic mass is 10.1. The van der Waals surface area contributed by atoms with E-state index in [9.17, 15) is 13.2 Å². The van der Waals surface area contributed by atoms with Crippen molar-refractivity contribution in [2.45, 2.75) is 23.8 Å². The highest BCUT2D eigenvalue weighted by Crippen LogP contribution is 2.33. The maximum Gasteiger partial charge on any atom is 0.341 e. The van der Waals surface area contributed by atoms with Crippen molar-refractivity contribution in [3.8, 4) is 11.5 Å². The van der Waals surface area contributed by atoms with Crippen molar-refractivity contribution >= 4 is 26.9 Å². The summed E-state index contributed by atoms with van der Waals surface area (Å²) < 4.78 is 40.1. The normalized spacial score (nSPS) is 15.8. The van der Waals surface area contributed by atoms with Crippen molar-refractivity contribution in [1.29, 1.82) is 0 Å². The summed E-state index contributed by atoms with van der Waals surface area (Å²) in [6, 6.07) is 14.0. The van der Waals surface area contributed by atoms with Crippen molar-refractivity contribution in [3.05, 3.63) is 54.7 Å². The Bertz CT molecular complexity index is 1180. The Morgan fingerprint density at radius 3 is 2.45 bits per heavy atom. The number of hydrogen-bond acceptors (Lipinski definition) is 5. The van der Waals surface area contributed by atoms with Crippen LogP contribution in [0.1, 0.15) is 18.9 Å². The van der Waals surface area contributed by atoms with Gasteiger partial charge in [-0.2, -0.15) is 4.31 Å². The number of fused-ring (bicyclic) bond motifs is 1. The number of piperidine rings is 1. The minimum absolute atomic E-state index is 0.148. The van der Waals surface area contributed by atoms with Crippen LogP contribution in [0.2, 0.25) is 0 Å². The van der Waals surface area contributed by atoms with Crippen LogP contribution in [0, 0.1) is 0 Å². The standard InChI is InChI=1S/C22H24N2O6S/c1-29-17-5-7-18(8-6-17)31(27,28)23-12-9-16(10-13-23)24-14-11-19-20(24)3-2-4-21(19)30-15-22(25)26/h2-8,11,14,16H,9-10,12-13,15H2,1H3,(H,25,26). The fourth-order valence-electron chi connectivity index (χ4n) is 4.00. The van der Waals surface area contributed by atoms with Gasteiger partial charge in [-0.15, -0.1) is 0 Å². The van der Waals surface area contributed by atoms with Crippen LogP contribution in [0.4, 0.5) is 0 Å². The molecule has 1 aliphatic heterocycles. The number of rotatable bonds is 7. The van der Waals surface area contributed by atoms with E-state index in [1.807, 2.05) is 24.4 Å². The number of carbonyl (C=O) groups is 1. The second-order valence-corrected chi connectivity index (χ2v) is 9.34. The van der Waals surface area contributed by atoms with Gasteiger partial charge in [0.1, 0.15) is 11.5 Å². The van der Waals surface area contributed by atoms with Crippen LogP contribution in [-0.4, -0.2) is 55.2 Å². The molecule has 0 unspecified atom stereocenters. The number of aliphatic carboxylic acids is 1. The summed E-state index contributed by atoms with van der Waals surface area (Å²) >= 11 is 0. The SMILES string of the molecule is COc1ccc(S(=O)(=O)N2CCC(n3ccc4c(OCC(=O)O)cccc43)CC2)cc1. The van der Waals surface area contributed by atoms with Gasteiger partial charge in [0.15, 0.2) is 6.61 Å². The Balaban J connectivity index is 1.49. The number of hydrogen-bond donors (Lipinski definition) is 1. The third-order valence-corrected chi connectivity index (χ3v) is 7.50. The maximum absolute atomic E-state index is 13.0. The zero-order valence-corrected chi connectivity index (χ0v) is 17.9. The summed E-state index contributed by atoms with van der Waals surface area (Å²) in [4.78, 5) is 11.1. The zero-order chi connectivity index (χ0) is 22.0. The molecule has 1 saturated heterocycles. The highest BCUT2D eigenvalue weighted by atomic mass is 32.2. The summed E-state index contributed by atoms with van der Waals surface area (Å²) in [5.41, 5.74) is 0.944. The molecule has 0 amide bonds. The molecule has 31 heavy (non-hydrogen) atoms. The molecule has 1 N–H and O–H groups in total. The summed E-state index contributed by atoms with van der Waals surface area (Å²) in [6.07, 6.45) is 3.31. The summed E-state index contributed by atoms with van der Waals surface area (Å²) in [7, 11) is -2.01. The van der Waals surface area contributed by atoms with E-state index in [0.29, 0.717) is 37.4 Å². The van der Waals surface area contributed by atoms with Gasteiger partial charge in [0.05, 0.1) is 17.5 Å². The number of aromatic nitrogens is 1. The second kappa shape index (κ2) is 8.60. The van der Waals surface area contributed by atoms with Crippen molar-refractivity contribution in [2.75, 3.05) is 26.8 Å². The van der Waals surface area contributed by atoms with Gasteiger partial charge in [0, 0.05) is 30.7 Å². The minimum Gasteiger partial charge on any atom is -0.497 e. The lowest BCUT2D eigenvalue weighted by Crippen LogP contribution is -2.38. The Hall–Kier alpha value is -3.04. The van der Waals surface area contributed by atoms with Crippen LogP contribution in [0.15, 0.2) is 59.6 Å². The molecule has 1 aliphatic rings. The van der Waals surface area contributed by atoms with Gasteiger partial charge in [0.25, 0.3) is 0 Å². The number of methoxy groups -OCH3 is 1. The van der Waals surface area contributed by atoms with Gasteiger partial charge in [-0.3, -0.25) is 0 Å². The highest BCUT2D eigenvalue weighted by molar-refractivity contribution is 7.89. The molecule has 0 saturated carbocycles. The van der Waals surface area contributed by atoms with Crippen molar-refractivity contribution < 1.29 is 27.8 Å². The molecule has 8 nitrogen and oxygen atoms in total. The molecule has 9 heteroatoms. The van der Waals surface area contributed by atoms with E-state index >= 15 is 0 Å². The zero-order valence-electron chi connectivity index (χ0n) is 17.1. The van der Waals surface area contributed by atoms with E-state index < -0.39 is 22.6 Å². The summed E-state index contributed by atoms with van der Waals surface area (Å²) in [5, 5.41) is 9.71. The van der Waals surface area contributed by atoms with Crippen LogP contribution in [-0.2, 0) is 14.8 Å². The third-order valence-electron chi connectivity index (χ3n) is 5.59. The maximum atomic E-state index is 13.0. The summed E-state index contributed by atoms with van der Waals surface area (Å²) in [5.74, 6) is 0.115. The van der Waals surface area contributed by atoms with Crippen molar-refractivity contribution in [3.63, 3.8) is 0 Å². The Morgan fingerprint density at radius 2 is 1.81 bits per heavy atom. The fourth-order valence-corrected chi connectivity index (χ4v) is 5.47. The van der Waals surface area contributed by atoms with E-state index in [1.54, 1.807) is 37.4 Å². The number of benzene rings is 2. The number of sulfonamides is 1. The molecular weight excluding hydrogens is 420 g/mol. The van der Waals surface area contributed by atoms with Crippen LogP contribution in [0.5, 0.6) is 11.5 Å². The molecule has 0 aliphatic carbocycles. The van der Waals surface area contributed by atoms with Gasteiger partial charge >= 0.3 is 5.97 Å². The van der Waals surface area contributed by atoms with Crippen LogP contribution >= 0.6 is 0 Å². The molecule has 4 rings (SSSR count). The van der Waals surface area contributed by atoms with Crippen LogP contribution in [0.3, 0.4) is 0 Å². The molecular formula is C22H24N2O6S. The lowest BCUT2D eigenvalue weighted by molar-refractivity contribution is -0.139. The minimum atomic E-state index is -3.55. The number of nitrogens with zero attached hydrogens (tertiary/aromatic N) is 2. The lowest BCUT2D eigenvalue weighted by Gasteiger charge is -2.32. The van der Waals surface area contributed by atoms with E-state index in [0.717, 1.165) is 10.9 Å². The van der Waals surface area contributed by atoms with Gasteiger partial charge in [0.2, 0.25) is 10.0 Å². The average Bonchev–Trinajstić information content (AvgIpc) is 3.22. The van der Waals surface area contributed by atoms with Crippen LogP contribution < -0.4 is 9.47 Å². The smallest absolute Gasteiger partial charge is 0.341 e. The first-order valence-electron chi connectivity index (χ1n) is 9.98. The van der Waals surface area contributed by atoms with Crippen molar-refractivity contribution in [2.24, 2.45) is 0 Å². The Labute approximate surface area is 180 Å². The predicted molar refractivity (Wildman–Crippen MR) is 115 cm³/mol. The Kier molecular flexibility index (Phi) is 5.88. The second-order valence-electron chi connectivity index (χ2n) is 7.41. The predicted octanol–water partition coefficient (Wildman–Crippen LogP) is 3.14. The molecule has 3 aromatic rings. The molecule has 0 bridgehead atoms. The first-order valence-corrected chi connectivity index (χ1v) is 11.4. The molecule has 2 aromatic carbocycles. The van der Waals surface area contributed by atoms with E-state index in [2.05, 4.69) is 4.57 Å². The molecule has 1 aromatic heterocycles. The molecule has 2 heterocycles. The molecule has 0 radical (unpaired) electrons. The van der Waals surface area contributed by atoms with E-state index in [4.69, 9.17) is 14.6 Å². The van der Waals surface area contributed by atoms with Crippen molar-refractivity contribution in [1.82, 2.24) is 8.87 Å². The van der Waals surface area contributed by atoms with Gasteiger partial charge in [-0.1, -0.05) is 6.07 Å². The molecule has 164 valence electrons. The van der Waals surface area contributed by atoms with E-state index in [-0.39, 0.29) is 10.9 Å². The Morgan fingerprint density at radius 1 is 1.10 bits per heavy atom. The summed E-state index contributed by atoms with van der Waals surface area (Å²) in [6.45, 7) is 0.452. The third kappa shape index (κ3) is 4.24. The van der Waals surface area contributed by atoms with E-state index in [1.165, 1.54) is 4.31 Å². The first-order chi connectivity index (χ1) is 14.9. The highest BCUT2D eigenvalue weighted by Gasteiger charge is 2.30.